The Labute approximate surface area is 235 Å². The van der Waals surface area contributed by atoms with E-state index in [9.17, 15) is 9.18 Å². The summed E-state index contributed by atoms with van der Waals surface area (Å²) in [7, 11) is 1.36. The second-order valence-corrected chi connectivity index (χ2v) is 11.8. The van der Waals surface area contributed by atoms with Gasteiger partial charge in [0, 0.05) is 29.1 Å². The summed E-state index contributed by atoms with van der Waals surface area (Å²) in [6, 6.07) is 10.8. The number of hydrogen-bond donors (Lipinski definition) is 0. The first kappa shape index (κ1) is 25.2. The van der Waals surface area contributed by atoms with E-state index >= 15 is 0 Å². The van der Waals surface area contributed by atoms with Crippen LogP contribution in [0.3, 0.4) is 0 Å². The van der Waals surface area contributed by atoms with Gasteiger partial charge in [-0.1, -0.05) is 34.5 Å². The van der Waals surface area contributed by atoms with Gasteiger partial charge in [-0.05, 0) is 62.8 Å². The van der Waals surface area contributed by atoms with Gasteiger partial charge < -0.3 is 18.9 Å². The number of fused-ring (bicyclic) bond motifs is 3. The molecule has 7 rings (SSSR count). The monoisotopic (exact) mass is 557 g/mol. The molecule has 2 aromatic heterocycles. The molecule has 204 valence electrons. The lowest BCUT2D eigenvalue weighted by Gasteiger charge is -2.38. The van der Waals surface area contributed by atoms with Gasteiger partial charge in [0.1, 0.15) is 17.3 Å². The van der Waals surface area contributed by atoms with Crippen molar-refractivity contribution in [3.05, 3.63) is 64.7 Å². The van der Waals surface area contributed by atoms with Crippen LogP contribution in [0.1, 0.15) is 71.7 Å². The van der Waals surface area contributed by atoms with Gasteiger partial charge in [0.2, 0.25) is 0 Å². The standard InChI is InChI=1S/C31H28FN3O4S/c1-3-17-12-19(30(36)37-2)13-26-27(17)33-31(40-26)35-20-10-11-21(35)15-22(14-20)38-16-24-28(23-6-4-5-7-25(23)32)34-39-29(24)18-8-9-18/h1,4-7,12-13,18,20-22H,8-11,14-16H2,2H3. The Morgan fingerprint density at radius 3 is 2.67 bits per heavy atom. The highest BCUT2D eigenvalue weighted by Gasteiger charge is 2.43. The molecule has 2 aromatic carbocycles. The first-order valence-corrected chi connectivity index (χ1v) is 14.5. The average Bonchev–Trinajstić information content (AvgIpc) is 3.49. The second kappa shape index (κ2) is 10.0. The fourth-order valence-corrected chi connectivity index (χ4v) is 7.42. The van der Waals surface area contributed by atoms with Crippen molar-refractivity contribution in [2.24, 2.45) is 0 Å². The zero-order valence-electron chi connectivity index (χ0n) is 22.1. The van der Waals surface area contributed by atoms with E-state index in [1.54, 1.807) is 29.5 Å². The molecular weight excluding hydrogens is 529 g/mol. The highest BCUT2D eigenvalue weighted by atomic mass is 32.1. The Kier molecular flexibility index (Phi) is 6.32. The lowest BCUT2D eigenvalue weighted by Crippen LogP contribution is -2.45. The fourth-order valence-electron chi connectivity index (χ4n) is 6.24. The van der Waals surface area contributed by atoms with Gasteiger partial charge in [0.15, 0.2) is 5.13 Å². The average molecular weight is 558 g/mol. The van der Waals surface area contributed by atoms with E-state index < -0.39 is 5.97 Å². The molecular formula is C31H28FN3O4S. The largest absolute Gasteiger partial charge is 0.465 e. The molecule has 4 heterocycles. The maximum atomic E-state index is 14.6. The molecule has 1 saturated carbocycles. The highest BCUT2D eigenvalue weighted by molar-refractivity contribution is 7.22. The van der Waals surface area contributed by atoms with Crippen LogP contribution in [0, 0.1) is 18.2 Å². The van der Waals surface area contributed by atoms with Gasteiger partial charge in [0.05, 0.1) is 41.2 Å². The topological polar surface area (TPSA) is 77.7 Å². The van der Waals surface area contributed by atoms with Crippen LogP contribution in [0.15, 0.2) is 40.9 Å². The van der Waals surface area contributed by atoms with E-state index in [-0.39, 0.29) is 11.9 Å². The molecule has 7 nitrogen and oxygen atoms in total. The minimum Gasteiger partial charge on any atom is -0.465 e. The number of halogens is 1. The molecule has 3 aliphatic rings. The molecule has 40 heavy (non-hydrogen) atoms. The van der Waals surface area contributed by atoms with Gasteiger partial charge in [-0.15, -0.1) is 6.42 Å². The van der Waals surface area contributed by atoms with Crippen molar-refractivity contribution < 1.29 is 23.2 Å². The number of hydrogen-bond acceptors (Lipinski definition) is 8. The smallest absolute Gasteiger partial charge is 0.337 e. The number of ether oxygens (including phenoxy) is 2. The summed E-state index contributed by atoms with van der Waals surface area (Å²) in [5.74, 6) is 3.13. The van der Waals surface area contributed by atoms with Crippen molar-refractivity contribution in [3.8, 4) is 23.6 Å². The van der Waals surface area contributed by atoms with Crippen molar-refractivity contribution in [3.63, 3.8) is 0 Å². The van der Waals surface area contributed by atoms with Crippen LogP contribution in [0.5, 0.6) is 0 Å². The van der Waals surface area contributed by atoms with Crippen LogP contribution < -0.4 is 4.90 Å². The Morgan fingerprint density at radius 2 is 1.98 bits per heavy atom. The van der Waals surface area contributed by atoms with Crippen molar-refractivity contribution in [1.82, 2.24) is 10.1 Å². The summed E-state index contributed by atoms with van der Waals surface area (Å²) < 4.78 is 32.6. The molecule has 2 aliphatic heterocycles. The van der Waals surface area contributed by atoms with Crippen molar-refractivity contribution in [1.29, 1.82) is 0 Å². The second-order valence-electron chi connectivity index (χ2n) is 10.8. The van der Waals surface area contributed by atoms with Crippen molar-refractivity contribution in [2.75, 3.05) is 12.0 Å². The van der Waals surface area contributed by atoms with E-state index in [1.165, 1.54) is 13.2 Å². The van der Waals surface area contributed by atoms with Gasteiger partial charge in [-0.25, -0.2) is 14.2 Å². The van der Waals surface area contributed by atoms with Gasteiger partial charge in [-0.3, -0.25) is 0 Å². The molecule has 2 bridgehead atoms. The number of methoxy groups -OCH3 is 1. The summed E-state index contributed by atoms with van der Waals surface area (Å²) in [5.41, 5.74) is 3.64. The lowest BCUT2D eigenvalue weighted by atomic mass is 10.00. The molecule has 9 heteroatoms. The number of carbonyl (C=O) groups excluding carboxylic acids is 1. The zero-order chi connectivity index (χ0) is 27.4. The van der Waals surface area contributed by atoms with E-state index in [0.29, 0.717) is 47.0 Å². The Morgan fingerprint density at radius 1 is 1.20 bits per heavy atom. The van der Waals surface area contributed by atoms with Crippen LogP contribution in [0.4, 0.5) is 9.52 Å². The van der Waals surface area contributed by atoms with Crippen LogP contribution in [0.2, 0.25) is 0 Å². The number of rotatable bonds is 7. The quantitative estimate of drug-likeness (QED) is 0.191. The molecule has 0 radical (unpaired) electrons. The first-order chi connectivity index (χ1) is 19.5. The molecule has 3 fully saturated rings. The maximum absolute atomic E-state index is 14.6. The summed E-state index contributed by atoms with van der Waals surface area (Å²) in [6.07, 6.45) is 11.8. The number of piperidine rings is 1. The number of anilines is 1. The number of thiazole rings is 1. The molecule has 2 unspecified atom stereocenters. The van der Waals surface area contributed by atoms with E-state index in [0.717, 1.165) is 65.2 Å². The Balaban J connectivity index is 1.11. The zero-order valence-corrected chi connectivity index (χ0v) is 22.9. The third-order valence-corrected chi connectivity index (χ3v) is 9.35. The molecule has 0 amide bonds. The predicted molar refractivity (Wildman–Crippen MR) is 150 cm³/mol. The fraction of sp³-hybridized carbons (Fsp3) is 0.387. The van der Waals surface area contributed by atoms with Crippen LogP contribution in [-0.2, 0) is 16.1 Å². The van der Waals surface area contributed by atoms with Gasteiger partial charge in [-0.2, -0.15) is 0 Å². The van der Waals surface area contributed by atoms with Crippen molar-refractivity contribution >= 4 is 32.7 Å². The molecule has 0 N–H and O–H groups in total. The maximum Gasteiger partial charge on any atom is 0.337 e. The number of esters is 1. The summed E-state index contributed by atoms with van der Waals surface area (Å²) in [5, 5.41) is 5.20. The first-order valence-electron chi connectivity index (χ1n) is 13.7. The Hall–Kier alpha value is -3.74. The highest BCUT2D eigenvalue weighted by Crippen LogP contribution is 2.46. The van der Waals surface area contributed by atoms with E-state index in [2.05, 4.69) is 16.0 Å². The van der Waals surface area contributed by atoms with Crippen LogP contribution in [-0.4, -0.2) is 41.4 Å². The van der Waals surface area contributed by atoms with Crippen LogP contribution >= 0.6 is 11.3 Å². The minimum absolute atomic E-state index is 0.0748. The number of nitrogens with zero attached hydrogens (tertiary/aromatic N) is 3. The minimum atomic E-state index is -0.415. The van der Waals surface area contributed by atoms with Gasteiger partial charge in [0.25, 0.3) is 0 Å². The number of aromatic nitrogens is 2. The lowest BCUT2D eigenvalue weighted by molar-refractivity contribution is 0.0147. The molecule has 4 aromatic rings. The number of benzene rings is 2. The Bertz CT molecular complexity index is 1640. The van der Waals surface area contributed by atoms with Crippen molar-refractivity contribution in [2.45, 2.75) is 69.2 Å². The summed E-state index contributed by atoms with van der Waals surface area (Å²) in [6.45, 7) is 0.353. The predicted octanol–water partition coefficient (Wildman–Crippen LogP) is 6.45. The molecule has 2 atom stereocenters. The third-order valence-electron chi connectivity index (χ3n) is 8.33. The van der Waals surface area contributed by atoms with E-state index in [1.807, 2.05) is 12.1 Å². The third kappa shape index (κ3) is 4.36. The molecule has 0 spiro atoms. The summed E-state index contributed by atoms with van der Waals surface area (Å²) in [4.78, 5) is 19.5. The SMILES string of the molecule is C#Cc1cc(C(=O)OC)cc2sc(N3C4CCC3CC(OCc3c(-c5ccccc5F)noc3C3CC3)C4)nc12. The van der Waals surface area contributed by atoms with E-state index in [4.69, 9.17) is 25.4 Å². The van der Waals surface area contributed by atoms with Gasteiger partial charge >= 0.3 is 5.97 Å². The molecule has 1 aliphatic carbocycles. The number of carbonyl (C=O) groups is 1. The number of terminal acetylenes is 1. The molecule has 2 saturated heterocycles. The summed E-state index contributed by atoms with van der Waals surface area (Å²) >= 11 is 1.56. The van der Waals surface area contributed by atoms with Crippen LogP contribution in [0.25, 0.3) is 21.5 Å². The normalized spacial score (nSPS) is 22.0.